The van der Waals surface area contributed by atoms with E-state index in [0.717, 1.165) is 10.4 Å². The minimum Gasteiger partial charge on any atom is -0.433 e. The van der Waals surface area contributed by atoms with Crippen LogP contribution in [-0.2, 0) is 13.0 Å². The Kier molecular flexibility index (Phi) is 6.22. The third kappa shape index (κ3) is 4.80. The van der Waals surface area contributed by atoms with Crippen molar-refractivity contribution in [3.63, 3.8) is 0 Å². The van der Waals surface area contributed by atoms with E-state index in [0.29, 0.717) is 35.8 Å². The molecule has 0 bridgehead atoms. The van der Waals surface area contributed by atoms with Crippen molar-refractivity contribution in [2.45, 2.75) is 19.6 Å². The van der Waals surface area contributed by atoms with Crippen molar-refractivity contribution < 1.29 is 23.1 Å². The van der Waals surface area contributed by atoms with Crippen molar-refractivity contribution in [2.24, 2.45) is 0 Å². The standard InChI is InChI=1S/C22H20F2N4O3S/c23-21(24)31-17-8-4-3-7-16(17)27-22(30)28-10-9-18-13(12-28)11-19(32-18)20(29)26-15-6-2-1-5-14(15)25/h1-8,11,21H,9-10,12,25H2,(H,26,29)(H,27,30). The number of urea groups is 1. The van der Waals surface area contributed by atoms with E-state index in [-0.39, 0.29) is 17.3 Å². The summed E-state index contributed by atoms with van der Waals surface area (Å²) in [6.07, 6.45) is 0.587. The number of anilines is 3. The Labute approximate surface area is 186 Å². The number of carbonyl (C=O) groups excluding carboxylic acids is 2. The molecule has 4 N–H and O–H groups in total. The van der Waals surface area contributed by atoms with Gasteiger partial charge in [-0.15, -0.1) is 11.3 Å². The highest BCUT2D eigenvalue weighted by Gasteiger charge is 2.25. The second kappa shape index (κ2) is 9.23. The van der Waals surface area contributed by atoms with Crippen molar-refractivity contribution in [3.8, 4) is 5.75 Å². The number of benzene rings is 2. The van der Waals surface area contributed by atoms with E-state index in [2.05, 4.69) is 15.4 Å². The van der Waals surface area contributed by atoms with Gasteiger partial charge in [0, 0.05) is 18.0 Å². The summed E-state index contributed by atoms with van der Waals surface area (Å²) < 4.78 is 29.7. The molecular formula is C22H20F2N4O3S. The predicted molar refractivity (Wildman–Crippen MR) is 119 cm³/mol. The summed E-state index contributed by atoms with van der Waals surface area (Å²) in [5.41, 5.74) is 7.93. The molecular weight excluding hydrogens is 438 g/mol. The van der Waals surface area contributed by atoms with Crippen LogP contribution in [0.3, 0.4) is 0 Å². The summed E-state index contributed by atoms with van der Waals surface area (Å²) >= 11 is 1.38. The van der Waals surface area contributed by atoms with Gasteiger partial charge in [-0.25, -0.2) is 4.79 Å². The van der Waals surface area contributed by atoms with Crippen molar-refractivity contribution >= 4 is 40.3 Å². The van der Waals surface area contributed by atoms with Gasteiger partial charge in [0.25, 0.3) is 5.91 Å². The molecule has 0 saturated carbocycles. The quantitative estimate of drug-likeness (QED) is 0.480. The smallest absolute Gasteiger partial charge is 0.387 e. The second-order valence-electron chi connectivity index (χ2n) is 7.08. The number of alkyl halides is 2. The third-order valence-corrected chi connectivity index (χ3v) is 6.17. The lowest BCUT2D eigenvalue weighted by atomic mass is 10.1. The molecule has 2 aromatic carbocycles. The van der Waals surface area contributed by atoms with Crippen LogP contribution >= 0.6 is 11.3 Å². The number of hydrogen-bond donors (Lipinski definition) is 3. The molecule has 2 heterocycles. The molecule has 10 heteroatoms. The van der Waals surface area contributed by atoms with Gasteiger partial charge in [0.15, 0.2) is 0 Å². The molecule has 1 aliphatic rings. The minimum atomic E-state index is -2.99. The van der Waals surface area contributed by atoms with E-state index >= 15 is 0 Å². The maximum atomic E-state index is 12.7. The summed E-state index contributed by atoms with van der Waals surface area (Å²) in [5.74, 6) is -0.375. The normalized spacial score (nSPS) is 12.9. The fourth-order valence-electron chi connectivity index (χ4n) is 3.38. The number of nitrogen functional groups attached to an aromatic ring is 1. The molecule has 0 fully saturated rings. The number of nitrogens with one attached hydrogen (secondary N) is 2. The van der Waals surface area contributed by atoms with Crippen LogP contribution in [0.15, 0.2) is 54.6 Å². The Morgan fingerprint density at radius 3 is 2.53 bits per heavy atom. The van der Waals surface area contributed by atoms with Crippen molar-refractivity contribution in [1.82, 2.24) is 4.90 Å². The van der Waals surface area contributed by atoms with Crippen LogP contribution in [0.4, 0.5) is 30.6 Å². The summed E-state index contributed by atoms with van der Waals surface area (Å²) in [7, 11) is 0. The molecule has 0 spiro atoms. The topological polar surface area (TPSA) is 96.7 Å². The summed E-state index contributed by atoms with van der Waals surface area (Å²) in [6.45, 7) is -2.26. The van der Waals surface area contributed by atoms with Crippen LogP contribution in [-0.4, -0.2) is 30.0 Å². The number of amides is 3. The molecule has 0 aliphatic carbocycles. The lowest BCUT2D eigenvalue weighted by molar-refractivity contribution is -0.0493. The Morgan fingerprint density at radius 1 is 1.06 bits per heavy atom. The molecule has 3 amide bonds. The number of para-hydroxylation sites is 4. The number of rotatable bonds is 5. The third-order valence-electron chi connectivity index (χ3n) is 4.93. The van der Waals surface area contributed by atoms with Gasteiger partial charge >= 0.3 is 12.6 Å². The van der Waals surface area contributed by atoms with Gasteiger partial charge in [-0.2, -0.15) is 8.78 Å². The van der Waals surface area contributed by atoms with Crippen LogP contribution in [0.5, 0.6) is 5.75 Å². The Morgan fingerprint density at radius 2 is 1.78 bits per heavy atom. The monoisotopic (exact) mass is 458 g/mol. The maximum Gasteiger partial charge on any atom is 0.387 e. The average Bonchev–Trinajstić information content (AvgIpc) is 3.20. The number of hydrogen-bond acceptors (Lipinski definition) is 5. The number of carbonyl (C=O) groups is 2. The molecule has 32 heavy (non-hydrogen) atoms. The zero-order valence-corrected chi connectivity index (χ0v) is 17.6. The fourth-order valence-corrected chi connectivity index (χ4v) is 4.43. The van der Waals surface area contributed by atoms with Crippen molar-refractivity contribution in [3.05, 3.63) is 69.9 Å². The molecule has 4 rings (SSSR count). The Bertz CT molecular complexity index is 1150. The zero-order chi connectivity index (χ0) is 22.7. The lowest BCUT2D eigenvalue weighted by Crippen LogP contribution is -2.38. The molecule has 7 nitrogen and oxygen atoms in total. The Balaban J connectivity index is 1.43. The van der Waals surface area contributed by atoms with Crippen LogP contribution in [0, 0.1) is 0 Å². The number of ether oxygens (including phenoxy) is 1. The highest BCUT2D eigenvalue weighted by molar-refractivity contribution is 7.14. The van der Waals surface area contributed by atoms with E-state index in [4.69, 9.17) is 5.73 Å². The van der Waals surface area contributed by atoms with Gasteiger partial charge in [0.1, 0.15) is 5.75 Å². The first-order valence-electron chi connectivity index (χ1n) is 9.78. The predicted octanol–water partition coefficient (Wildman–Crippen LogP) is 4.77. The van der Waals surface area contributed by atoms with Crippen LogP contribution in [0.2, 0.25) is 0 Å². The molecule has 0 saturated heterocycles. The zero-order valence-electron chi connectivity index (χ0n) is 16.8. The molecule has 166 valence electrons. The SMILES string of the molecule is Nc1ccccc1NC(=O)c1cc2c(s1)CCN(C(=O)Nc1ccccc1OC(F)F)C2. The van der Waals surface area contributed by atoms with Crippen LogP contribution in [0.25, 0.3) is 0 Å². The maximum absolute atomic E-state index is 12.7. The highest BCUT2D eigenvalue weighted by atomic mass is 32.1. The number of nitrogens with two attached hydrogens (primary N) is 1. The molecule has 3 aromatic rings. The van der Waals surface area contributed by atoms with E-state index < -0.39 is 12.6 Å². The van der Waals surface area contributed by atoms with Gasteiger partial charge in [-0.1, -0.05) is 24.3 Å². The van der Waals surface area contributed by atoms with Gasteiger partial charge in [-0.05, 0) is 42.3 Å². The average molecular weight is 458 g/mol. The van der Waals surface area contributed by atoms with Gasteiger partial charge in [0.2, 0.25) is 0 Å². The first-order chi connectivity index (χ1) is 15.4. The molecule has 0 radical (unpaired) electrons. The first-order valence-corrected chi connectivity index (χ1v) is 10.6. The summed E-state index contributed by atoms with van der Waals surface area (Å²) in [6, 6.07) is 14.3. The van der Waals surface area contributed by atoms with E-state index in [1.165, 1.54) is 23.5 Å². The summed E-state index contributed by atoms with van der Waals surface area (Å²) in [5, 5.41) is 5.43. The number of fused-ring (bicyclic) bond motifs is 1. The largest absolute Gasteiger partial charge is 0.433 e. The van der Waals surface area contributed by atoms with E-state index in [1.54, 1.807) is 47.4 Å². The molecule has 1 aliphatic heterocycles. The number of halogens is 2. The minimum absolute atomic E-state index is 0.108. The number of nitrogens with zero attached hydrogens (tertiary/aromatic N) is 1. The number of thiophene rings is 1. The van der Waals surface area contributed by atoms with Gasteiger partial charge in [0.05, 0.1) is 21.9 Å². The van der Waals surface area contributed by atoms with Crippen LogP contribution < -0.4 is 21.1 Å². The fraction of sp³-hybridized carbons (Fsp3) is 0.182. The molecule has 0 atom stereocenters. The second-order valence-corrected chi connectivity index (χ2v) is 8.21. The summed E-state index contributed by atoms with van der Waals surface area (Å²) in [4.78, 5) is 28.5. The Hall–Kier alpha value is -3.66. The van der Waals surface area contributed by atoms with E-state index in [9.17, 15) is 18.4 Å². The highest BCUT2D eigenvalue weighted by Crippen LogP contribution is 2.31. The van der Waals surface area contributed by atoms with Crippen molar-refractivity contribution in [1.29, 1.82) is 0 Å². The van der Waals surface area contributed by atoms with E-state index in [1.807, 2.05) is 0 Å². The van der Waals surface area contributed by atoms with Gasteiger partial charge < -0.3 is 26.0 Å². The molecule has 0 unspecified atom stereocenters. The molecule has 1 aromatic heterocycles. The van der Waals surface area contributed by atoms with Crippen molar-refractivity contribution in [2.75, 3.05) is 22.9 Å². The first kappa shape index (κ1) is 21.6. The van der Waals surface area contributed by atoms with Crippen LogP contribution in [0.1, 0.15) is 20.1 Å². The van der Waals surface area contributed by atoms with Gasteiger partial charge in [-0.3, -0.25) is 4.79 Å². The lowest BCUT2D eigenvalue weighted by Gasteiger charge is -2.27.